The van der Waals surface area contributed by atoms with Crippen LogP contribution < -0.4 is 10.1 Å². The first-order valence-electron chi connectivity index (χ1n) is 6.54. The molecule has 0 saturated heterocycles. The first-order valence-corrected chi connectivity index (χ1v) is 8.13. The Labute approximate surface area is 138 Å². The molecule has 0 unspecified atom stereocenters. The van der Waals surface area contributed by atoms with Crippen LogP contribution in [0.2, 0.25) is 0 Å². The molecule has 0 aliphatic heterocycles. The van der Waals surface area contributed by atoms with E-state index in [2.05, 4.69) is 49.3 Å². The fourth-order valence-corrected chi connectivity index (χ4v) is 3.90. The second kappa shape index (κ2) is 8.50. The molecule has 1 aromatic carbocycles. The summed E-state index contributed by atoms with van der Waals surface area (Å²) >= 11 is 7.14. The van der Waals surface area contributed by atoms with Gasteiger partial charge >= 0.3 is 0 Å². The summed E-state index contributed by atoms with van der Waals surface area (Å²) in [6, 6.07) is 4.98. The number of hydrogen-bond donors (Lipinski definition) is 1. The van der Waals surface area contributed by atoms with Crippen molar-refractivity contribution in [3.8, 4) is 5.75 Å². The molecule has 1 aliphatic carbocycles. The average molecular weight is 414 g/mol. The number of rotatable bonds is 5. The van der Waals surface area contributed by atoms with E-state index in [1.807, 2.05) is 6.92 Å². The summed E-state index contributed by atoms with van der Waals surface area (Å²) in [4.78, 5) is 0. The van der Waals surface area contributed by atoms with Crippen LogP contribution in [0.4, 0.5) is 0 Å². The molecule has 108 valence electrons. The molecule has 2 rings (SSSR count). The summed E-state index contributed by atoms with van der Waals surface area (Å²) in [6.07, 6.45) is 5.38. The monoisotopic (exact) mass is 411 g/mol. The van der Waals surface area contributed by atoms with Gasteiger partial charge in [-0.15, -0.1) is 12.4 Å². The second-order valence-electron chi connectivity index (χ2n) is 4.68. The molecule has 1 aromatic rings. The lowest BCUT2D eigenvalue weighted by Crippen LogP contribution is -2.25. The van der Waals surface area contributed by atoms with Crippen molar-refractivity contribution in [2.75, 3.05) is 6.61 Å². The maximum Gasteiger partial charge on any atom is 0.147 e. The molecule has 0 spiro atoms. The van der Waals surface area contributed by atoms with E-state index < -0.39 is 0 Å². The van der Waals surface area contributed by atoms with Crippen LogP contribution in [0.3, 0.4) is 0 Å². The number of benzene rings is 1. The van der Waals surface area contributed by atoms with Gasteiger partial charge in [0.2, 0.25) is 0 Å². The topological polar surface area (TPSA) is 21.3 Å². The van der Waals surface area contributed by atoms with E-state index in [-0.39, 0.29) is 12.4 Å². The number of halogens is 3. The lowest BCUT2D eigenvalue weighted by molar-refractivity contribution is 0.336. The van der Waals surface area contributed by atoms with E-state index in [1.165, 1.54) is 31.2 Å². The smallest absolute Gasteiger partial charge is 0.147 e. The molecule has 0 bridgehead atoms. The van der Waals surface area contributed by atoms with Gasteiger partial charge in [0.15, 0.2) is 0 Å². The zero-order valence-electron chi connectivity index (χ0n) is 11.0. The van der Waals surface area contributed by atoms with E-state index in [1.54, 1.807) is 0 Å². The number of hydrogen-bond acceptors (Lipinski definition) is 2. The molecular weight excluding hydrogens is 393 g/mol. The quantitative estimate of drug-likeness (QED) is 0.728. The van der Waals surface area contributed by atoms with E-state index >= 15 is 0 Å². The SMILES string of the molecule is CCOc1c(Br)cc(CNC2CCCC2)cc1Br.Cl. The molecule has 19 heavy (non-hydrogen) atoms. The minimum Gasteiger partial charge on any atom is -0.492 e. The number of nitrogens with one attached hydrogen (secondary N) is 1. The van der Waals surface area contributed by atoms with Crippen molar-refractivity contribution >= 4 is 44.3 Å². The average Bonchev–Trinajstić information content (AvgIpc) is 2.84. The van der Waals surface area contributed by atoms with Gasteiger partial charge in [0.25, 0.3) is 0 Å². The second-order valence-corrected chi connectivity index (χ2v) is 6.39. The van der Waals surface area contributed by atoms with Crippen LogP contribution in [-0.2, 0) is 6.54 Å². The summed E-state index contributed by atoms with van der Waals surface area (Å²) < 4.78 is 7.62. The fraction of sp³-hybridized carbons (Fsp3) is 0.571. The molecule has 2 nitrogen and oxygen atoms in total. The van der Waals surface area contributed by atoms with Crippen molar-refractivity contribution in [2.45, 2.75) is 45.2 Å². The highest BCUT2D eigenvalue weighted by Gasteiger charge is 2.14. The molecule has 1 N–H and O–H groups in total. The Morgan fingerprint density at radius 2 is 1.79 bits per heavy atom. The van der Waals surface area contributed by atoms with Crippen molar-refractivity contribution < 1.29 is 4.74 Å². The van der Waals surface area contributed by atoms with E-state index in [0.29, 0.717) is 12.6 Å². The summed E-state index contributed by atoms with van der Waals surface area (Å²) in [5, 5.41) is 3.62. The van der Waals surface area contributed by atoms with Crippen LogP contribution in [0.5, 0.6) is 5.75 Å². The molecule has 0 radical (unpaired) electrons. The first-order chi connectivity index (χ1) is 8.70. The minimum absolute atomic E-state index is 0. The maximum atomic E-state index is 5.59. The Morgan fingerprint density at radius 3 is 2.32 bits per heavy atom. The molecular formula is C14H20Br2ClNO. The van der Waals surface area contributed by atoms with Gasteiger partial charge in [-0.3, -0.25) is 0 Å². The lowest BCUT2D eigenvalue weighted by Gasteiger charge is -2.14. The third-order valence-corrected chi connectivity index (χ3v) is 4.47. The third-order valence-electron chi connectivity index (χ3n) is 3.30. The van der Waals surface area contributed by atoms with Gasteiger partial charge in [0.1, 0.15) is 5.75 Å². The largest absolute Gasteiger partial charge is 0.492 e. The van der Waals surface area contributed by atoms with Gasteiger partial charge in [-0.1, -0.05) is 12.8 Å². The highest BCUT2D eigenvalue weighted by atomic mass is 79.9. The van der Waals surface area contributed by atoms with Crippen LogP contribution in [-0.4, -0.2) is 12.6 Å². The minimum atomic E-state index is 0. The van der Waals surface area contributed by atoms with Crippen LogP contribution in [0.15, 0.2) is 21.1 Å². The van der Waals surface area contributed by atoms with Crippen LogP contribution in [0, 0.1) is 0 Å². The van der Waals surface area contributed by atoms with Gasteiger partial charge in [0.05, 0.1) is 15.6 Å². The summed E-state index contributed by atoms with van der Waals surface area (Å²) in [5.41, 5.74) is 1.28. The highest BCUT2D eigenvalue weighted by Crippen LogP contribution is 2.34. The Hall–Kier alpha value is 0.230. The molecule has 1 saturated carbocycles. The molecule has 0 heterocycles. The maximum absolute atomic E-state index is 5.59. The van der Waals surface area contributed by atoms with Crippen molar-refractivity contribution in [3.05, 3.63) is 26.6 Å². The molecule has 0 atom stereocenters. The Bertz CT molecular complexity index is 385. The van der Waals surface area contributed by atoms with Crippen LogP contribution in [0.25, 0.3) is 0 Å². The molecule has 1 fully saturated rings. The Balaban J connectivity index is 0.00000180. The fourth-order valence-electron chi connectivity index (χ4n) is 2.39. The zero-order chi connectivity index (χ0) is 13.0. The first kappa shape index (κ1) is 17.3. The van der Waals surface area contributed by atoms with Crippen molar-refractivity contribution in [3.63, 3.8) is 0 Å². The lowest BCUT2D eigenvalue weighted by atomic mass is 10.2. The summed E-state index contributed by atoms with van der Waals surface area (Å²) in [7, 11) is 0. The van der Waals surface area contributed by atoms with E-state index in [4.69, 9.17) is 4.74 Å². The zero-order valence-corrected chi connectivity index (χ0v) is 15.0. The van der Waals surface area contributed by atoms with Gasteiger partial charge in [-0.2, -0.15) is 0 Å². The summed E-state index contributed by atoms with van der Waals surface area (Å²) in [6.45, 7) is 3.60. The predicted octanol–water partition coefficient (Wildman–Crippen LogP) is 5.06. The van der Waals surface area contributed by atoms with Crippen molar-refractivity contribution in [1.82, 2.24) is 5.32 Å². The van der Waals surface area contributed by atoms with Gasteiger partial charge in [-0.05, 0) is 69.3 Å². The van der Waals surface area contributed by atoms with E-state index in [0.717, 1.165) is 21.2 Å². The highest BCUT2D eigenvalue weighted by molar-refractivity contribution is 9.11. The van der Waals surface area contributed by atoms with Crippen LogP contribution in [0.1, 0.15) is 38.2 Å². The van der Waals surface area contributed by atoms with Gasteiger partial charge < -0.3 is 10.1 Å². The molecule has 0 amide bonds. The normalized spacial score (nSPS) is 15.3. The number of ether oxygens (including phenoxy) is 1. The predicted molar refractivity (Wildman–Crippen MR) is 89.4 cm³/mol. The van der Waals surface area contributed by atoms with Gasteiger partial charge in [0, 0.05) is 12.6 Å². The van der Waals surface area contributed by atoms with Crippen molar-refractivity contribution in [2.24, 2.45) is 0 Å². The summed E-state index contributed by atoms with van der Waals surface area (Å²) in [5.74, 6) is 0.891. The third kappa shape index (κ3) is 4.92. The Kier molecular flexibility index (Phi) is 7.73. The van der Waals surface area contributed by atoms with Crippen molar-refractivity contribution in [1.29, 1.82) is 0 Å². The molecule has 0 aromatic heterocycles. The van der Waals surface area contributed by atoms with E-state index in [9.17, 15) is 0 Å². The molecule has 1 aliphatic rings. The Morgan fingerprint density at radius 1 is 1.21 bits per heavy atom. The van der Waals surface area contributed by atoms with Crippen LogP contribution >= 0.6 is 44.3 Å². The standard InChI is InChI=1S/C14H19Br2NO.ClH/c1-2-18-14-12(15)7-10(8-13(14)16)9-17-11-5-3-4-6-11;/h7-8,11,17H,2-6,9H2,1H3;1H. The van der Waals surface area contributed by atoms with Gasteiger partial charge in [-0.25, -0.2) is 0 Å². The molecule has 5 heteroatoms.